The van der Waals surface area contributed by atoms with Crippen LogP contribution in [-0.4, -0.2) is 53.3 Å². The topological polar surface area (TPSA) is 66.6 Å². The second-order valence-electron chi connectivity index (χ2n) is 5.03. The summed E-state index contributed by atoms with van der Waals surface area (Å²) in [6.45, 7) is 7.33. The molecule has 1 heterocycles. The van der Waals surface area contributed by atoms with Gasteiger partial charge in [0.1, 0.15) is 0 Å². The van der Waals surface area contributed by atoms with Crippen molar-refractivity contribution in [2.45, 2.75) is 52.1 Å². The van der Waals surface area contributed by atoms with Gasteiger partial charge in [-0.15, -0.1) is 0 Å². The predicted octanol–water partition coefficient (Wildman–Crippen LogP) is 0.583. The highest BCUT2D eigenvalue weighted by Gasteiger charge is 2.29. The van der Waals surface area contributed by atoms with E-state index in [-0.39, 0.29) is 17.9 Å². The number of carbonyl (C=O) groups excluding carboxylic acids is 2. The van der Waals surface area contributed by atoms with Crippen molar-refractivity contribution in [1.29, 1.82) is 0 Å². The number of carbonyl (C=O) groups is 2. The second kappa shape index (κ2) is 6.73. The third kappa shape index (κ3) is 3.70. The SMILES string of the molecule is CCN(C[C@@H]1CCCCN1C(=O)[C@H](C)N)C(C)=O. The minimum absolute atomic E-state index is 0.000643. The van der Waals surface area contributed by atoms with Gasteiger partial charge in [-0.05, 0) is 33.1 Å². The maximum absolute atomic E-state index is 12.0. The molecule has 0 spiro atoms. The Labute approximate surface area is 109 Å². The van der Waals surface area contributed by atoms with Crippen molar-refractivity contribution in [1.82, 2.24) is 9.80 Å². The summed E-state index contributed by atoms with van der Waals surface area (Å²) < 4.78 is 0. The van der Waals surface area contributed by atoms with Crippen LogP contribution in [0.25, 0.3) is 0 Å². The third-order valence-electron chi connectivity index (χ3n) is 3.56. The third-order valence-corrected chi connectivity index (χ3v) is 3.56. The van der Waals surface area contributed by atoms with Crippen LogP contribution in [-0.2, 0) is 9.59 Å². The molecule has 1 aliphatic heterocycles. The summed E-state index contributed by atoms with van der Waals surface area (Å²) in [5.41, 5.74) is 5.68. The lowest BCUT2D eigenvalue weighted by molar-refractivity contribution is -0.139. The van der Waals surface area contributed by atoms with Crippen LogP contribution in [0.2, 0.25) is 0 Å². The number of nitrogens with two attached hydrogens (primary N) is 1. The van der Waals surface area contributed by atoms with Gasteiger partial charge in [-0.2, -0.15) is 0 Å². The van der Waals surface area contributed by atoms with Gasteiger partial charge in [0.2, 0.25) is 11.8 Å². The Morgan fingerprint density at radius 3 is 2.61 bits per heavy atom. The summed E-state index contributed by atoms with van der Waals surface area (Å²) in [6.07, 6.45) is 3.10. The molecule has 104 valence electrons. The number of rotatable bonds is 4. The fourth-order valence-corrected chi connectivity index (χ4v) is 2.48. The fourth-order valence-electron chi connectivity index (χ4n) is 2.48. The molecule has 0 aromatic rings. The molecular weight excluding hydrogens is 230 g/mol. The van der Waals surface area contributed by atoms with E-state index in [4.69, 9.17) is 5.73 Å². The number of nitrogens with zero attached hydrogens (tertiary/aromatic N) is 2. The van der Waals surface area contributed by atoms with E-state index in [1.54, 1.807) is 18.7 Å². The summed E-state index contributed by atoms with van der Waals surface area (Å²) >= 11 is 0. The van der Waals surface area contributed by atoms with Crippen molar-refractivity contribution in [3.05, 3.63) is 0 Å². The zero-order valence-electron chi connectivity index (χ0n) is 11.7. The zero-order valence-corrected chi connectivity index (χ0v) is 11.7. The highest BCUT2D eigenvalue weighted by atomic mass is 16.2. The van der Waals surface area contributed by atoms with Crippen molar-refractivity contribution in [3.8, 4) is 0 Å². The number of likely N-dealkylation sites (N-methyl/N-ethyl adjacent to an activating group) is 1. The Morgan fingerprint density at radius 2 is 2.11 bits per heavy atom. The van der Waals surface area contributed by atoms with E-state index < -0.39 is 6.04 Å². The summed E-state index contributed by atoms with van der Waals surface area (Å²) in [5, 5.41) is 0. The number of piperidine rings is 1. The first-order valence-corrected chi connectivity index (χ1v) is 6.79. The lowest BCUT2D eigenvalue weighted by Crippen LogP contribution is -2.54. The van der Waals surface area contributed by atoms with Gasteiger partial charge in [-0.3, -0.25) is 9.59 Å². The highest BCUT2D eigenvalue weighted by Crippen LogP contribution is 2.19. The monoisotopic (exact) mass is 255 g/mol. The molecule has 5 heteroatoms. The van der Waals surface area contributed by atoms with Crippen molar-refractivity contribution >= 4 is 11.8 Å². The first kappa shape index (κ1) is 15.0. The Balaban J connectivity index is 2.70. The molecule has 0 aliphatic carbocycles. The molecule has 0 bridgehead atoms. The molecule has 1 aliphatic rings. The first-order valence-electron chi connectivity index (χ1n) is 6.79. The quantitative estimate of drug-likeness (QED) is 0.799. The largest absolute Gasteiger partial charge is 0.341 e. The number of hydrogen-bond acceptors (Lipinski definition) is 3. The van der Waals surface area contributed by atoms with Crippen LogP contribution in [0, 0.1) is 0 Å². The molecule has 18 heavy (non-hydrogen) atoms. The van der Waals surface area contributed by atoms with E-state index in [1.807, 2.05) is 11.8 Å². The smallest absolute Gasteiger partial charge is 0.239 e. The molecule has 0 aromatic heterocycles. The Hall–Kier alpha value is -1.10. The Bertz CT molecular complexity index is 305. The molecular formula is C13H25N3O2. The van der Waals surface area contributed by atoms with E-state index in [0.717, 1.165) is 25.8 Å². The van der Waals surface area contributed by atoms with E-state index in [2.05, 4.69) is 0 Å². The molecule has 0 saturated carbocycles. The number of likely N-dealkylation sites (tertiary alicyclic amines) is 1. The van der Waals surface area contributed by atoms with Crippen LogP contribution in [0.5, 0.6) is 0 Å². The van der Waals surface area contributed by atoms with E-state index in [0.29, 0.717) is 13.1 Å². The first-order chi connectivity index (χ1) is 8.47. The van der Waals surface area contributed by atoms with E-state index in [9.17, 15) is 9.59 Å². The van der Waals surface area contributed by atoms with Gasteiger partial charge in [0.25, 0.3) is 0 Å². The van der Waals surface area contributed by atoms with Crippen molar-refractivity contribution in [2.24, 2.45) is 5.73 Å². The van der Waals surface area contributed by atoms with Gasteiger partial charge in [0, 0.05) is 32.6 Å². The van der Waals surface area contributed by atoms with Crippen molar-refractivity contribution < 1.29 is 9.59 Å². The van der Waals surface area contributed by atoms with E-state index in [1.165, 1.54) is 0 Å². The number of hydrogen-bond donors (Lipinski definition) is 1. The van der Waals surface area contributed by atoms with Gasteiger partial charge < -0.3 is 15.5 Å². The van der Waals surface area contributed by atoms with Crippen molar-refractivity contribution in [2.75, 3.05) is 19.6 Å². The lowest BCUT2D eigenvalue weighted by atomic mass is 10.0. The minimum atomic E-state index is -0.460. The molecule has 0 radical (unpaired) electrons. The van der Waals surface area contributed by atoms with Gasteiger partial charge in [-0.25, -0.2) is 0 Å². The summed E-state index contributed by atoms with van der Waals surface area (Å²) in [6, 6.07) is -0.334. The van der Waals surface area contributed by atoms with Crippen LogP contribution >= 0.6 is 0 Å². The highest BCUT2D eigenvalue weighted by molar-refractivity contribution is 5.81. The van der Waals surface area contributed by atoms with Gasteiger partial charge in [0.15, 0.2) is 0 Å². The molecule has 5 nitrogen and oxygen atoms in total. The van der Waals surface area contributed by atoms with Gasteiger partial charge in [-0.1, -0.05) is 0 Å². The average molecular weight is 255 g/mol. The lowest BCUT2D eigenvalue weighted by Gasteiger charge is -2.39. The Morgan fingerprint density at radius 1 is 1.44 bits per heavy atom. The fraction of sp³-hybridized carbons (Fsp3) is 0.846. The molecule has 0 unspecified atom stereocenters. The predicted molar refractivity (Wildman–Crippen MR) is 70.9 cm³/mol. The van der Waals surface area contributed by atoms with Crippen molar-refractivity contribution in [3.63, 3.8) is 0 Å². The summed E-state index contributed by atoms with van der Waals surface area (Å²) in [5.74, 6) is 0.0653. The van der Waals surface area contributed by atoms with Crippen LogP contribution in [0.4, 0.5) is 0 Å². The summed E-state index contributed by atoms with van der Waals surface area (Å²) in [7, 11) is 0. The van der Waals surface area contributed by atoms with Gasteiger partial charge >= 0.3 is 0 Å². The molecule has 1 fully saturated rings. The molecule has 2 N–H and O–H groups in total. The molecule has 2 atom stereocenters. The van der Waals surface area contributed by atoms with Crippen LogP contribution in [0.1, 0.15) is 40.0 Å². The number of amides is 2. The normalized spacial score (nSPS) is 21.6. The Kier molecular flexibility index (Phi) is 5.59. The molecule has 2 amide bonds. The molecule has 1 saturated heterocycles. The average Bonchev–Trinajstić information content (AvgIpc) is 2.35. The minimum Gasteiger partial charge on any atom is -0.341 e. The maximum atomic E-state index is 12.0. The standard InChI is InChI=1S/C13H25N3O2/c1-4-15(11(3)17)9-12-7-5-6-8-16(12)13(18)10(2)14/h10,12H,4-9,14H2,1-3H3/t10-,12-/m0/s1. The maximum Gasteiger partial charge on any atom is 0.239 e. The van der Waals surface area contributed by atoms with Crippen LogP contribution in [0.3, 0.4) is 0 Å². The summed E-state index contributed by atoms with van der Waals surface area (Å²) in [4.78, 5) is 27.2. The van der Waals surface area contributed by atoms with Crippen LogP contribution < -0.4 is 5.73 Å². The second-order valence-corrected chi connectivity index (χ2v) is 5.03. The van der Waals surface area contributed by atoms with Gasteiger partial charge in [0.05, 0.1) is 6.04 Å². The zero-order chi connectivity index (χ0) is 13.7. The van der Waals surface area contributed by atoms with Crippen LogP contribution in [0.15, 0.2) is 0 Å². The molecule has 1 rings (SSSR count). The van der Waals surface area contributed by atoms with E-state index >= 15 is 0 Å². The molecule has 0 aromatic carbocycles.